The van der Waals surface area contributed by atoms with Crippen LogP contribution >= 0.6 is 0 Å². The summed E-state index contributed by atoms with van der Waals surface area (Å²) in [6.45, 7) is 1.82. The molecule has 1 aliphatic heterocycles. The summed E-state index contributed by atoms with van der Waals surface area (Å²) in [5, 5.41) is 12.1. The van der Waals surface area contributed by atoms with Crippen LogP contribution in [0.2, 0.25) is 0 Å². The molecule has 1 aromatic heterocycles. The Balaban J connectivity index is 1.80. The molecule has 0 amide bonds. The van der Waals surface area contributed by atoms with Crippen molar-refractivity contribution >= 4 is 11.9 Å². The van der Waals surface area contributed by atoms with Gasteiger partial charge in [-0.15, -0.1) is 0 Å². The molecule has 0 aliphatic carbocycles. The number of hydrogen-bond donors (Lipinski definition) is 2. The van der Waals surface area contributed by atoms with Gasteiger partial charge in [-0.2, -0.15) is 0 Å². The fourth-order valence-corrected chi connectivity index (χ4v) is 3.00. The fraction of sp³-hybridized carbons (Fsp3) is 0.389. The van der Waals surface area contributed by atoms with E-state index in [0.29, 0.717) is 17.2 Å². The minimum Gasteiger partial charge on any atom is -0.481 e. The molecule has 0 radical (unpaired) electrons. The lowest BCUT2D eigenvalue weighted by molar-refractivity contribution is -0.144. The molecule has 0 bridgehead atoms. The number of carboxylic acid groups (broad SMARTS) is 1. The lowest BCUT2D eigenvalue weighted by Gasteiger charge is -2.15. The average molecular weight is 376 g/mol. The third kappa shape index (κ3) is 4.49. The predicted octanol–water partition coefficient (Wildman–Crippen LogP) is 1.27. The highest BCUT2D eigenvalue weighted by molar-refractivity contribution is 5.69. The minimum atomic E-state index is -0.953. The first-order valence-corrected chi connectivity index (χ1v) is 8.52. The maximum Gasteiger partial charge on any atom is 0.327 e. The Labute approximate surface area is 154 Å². The normalized spacial score (nSPS) is 13.4. The number of benzene rings is 1. The molecule has 9 heteroatoms. The Morgan fingerprint density at radius 3 is 2.81 bits per heavy atom. The van der Waals surface area contributed by atoms with Gasteiger partial charge < -0.3 is 19.3 Å². The van der Waals surface area contributed by atoms with E-state index in [1.165, 1.54) is 6.07 Å². The van der Waals surface area contributed by atoms with Gasteiger partial charge in [-0.3, -0.25) is 19.5 Å². The van der Waals surface area contributed by atoms with Crippen molar-refractivity contribution in [3.8, 4) is 11.5 Å². The van der Waals surface area contributed by atoms with Gasteiger partial charge in [0.1, 0.15) is 6.54 Å². The fourth-order valence-electron chi connectivity index (χ4n) is 3.00. The highest BCUT2D eigenvalue weighted by Crippen LogP contribution is 2.36. The molecule has 0 spiro atoms. The maximum absolute atomic E-state index is 12.0. The molecule has 27 heavy (non-hydrogen) atoms. The summed E-state index contributed by atoms with van der Waals surface area (Å²) < 4.78 is 16.6. The van der Waals surface area contributed by atoms with Crippen molar-refractivity contribution < 1.29 is 28.9 Å². The number of nitrogens with zero attached hydrogens (tertiary/aromatic N) is 1. The Kier molecular flexibility index (Phi) is 5.49. The van der Waals surface area contributed by atoms with Gasteiger partial charge in [-0.05, 0) is 37.0 Å². The standard InChI is InChI=1S/C18H20N2O7/c1-2-25-18(24)9-20-16(21)8-13(19-20)5-12(7-17(22)23)11-3-4-14-15(6-11)27-10-26-14/h3-4,6,8,12,19H,2,5,7,9-10H2,1H3,(H,22,23)/t12-/m0/s1. The first-order valence-electron chi connectivity index (χ1n) is 8.52. The van der Waals surface area contributed by atoms with Crippen molar-refractivity contribution in [2.24, 2.45) is 0 Å². The van der Waals surface area contributed by atoms with E-state index in [1.54, 1.807) is 25.1 Å². The van der Waals surface area contributed by atoms with E-state index < -0.39 is 11.9 Å². The molecule has 9 nitrogen and oxygen atoms in total. The number of ether oxygens (including phenoxy) is 3. The molecule has 2 N–H and O–H groups in total. The van der Waals surface area contributed by atoms with Crippen LogP contribution in [-0.4, -0.2) is 40.2 Å². The zero-order valence-electron chi connectivity index (χ0n) is 14.8. The number of carbonyl (C=O) groups is 2. The number of rotatable bonds is 8. The molecule has 2 heterocycles. The molecular weight excluding hydrogens is 356 g/mol. The van der Waals surface area contributed by atoms with Gasteiger partial charge in [0, 0.05) is 11.8 Å². The van der Waals surface area contributed by atoms with Gasteiger partial charge in [0.2, 0.25) is 6.79 Å². The van der Waals surface area contributed by atoms with Crippen molar-refractivity contribution in [2.45, 2.75) is 32.2 Å². The third-order valence-electron chi connectivity index (χ3n) is 4.19. The average Bonchev–Trinajstić information content (AvgIpc) is 3.20. The van der Waals surface area contributed by atoms with Crippen molar-refractivity contribution in [3.63, 3.8) is 0 Å². The van der Waals surface area contributed by atoms with Gasteiger partial charge >= 0.3 is 11.9 Å². The molecule has 144 valence electrons. The molecule has 1 aliphatic rings. The number of carbonyl (C=O) groups excluding carboxylic acids is 1. The second-order valence-electron chi connectivity index (χ2n) is 6.12. The van der Waals surface area contributed by atoms with E-state index >= 15 is 0 Å². The molecule has 0 saturated heterocycles. The molecular formula is C18H20N2O7. The van der Waals surface area contributed by atoms with Crippen molar-refractivity contribution in [2.75, 3.05) is 13.4 Å². The SMILES string of the molecule is CCOC(=O)Cn1[nH]c(C[C@@H](CC(=O)O)c2ccc3c(c2)OCO3)cc1=O. The number of carboxylic acids is 1. The van der Waals surface area contributed by atoms with Crippen molar-refractivity contribution in [1.29, 1.82) is 0 Å². The van der Waals surface area contributed by atoms with Crippen LogP contribution in [0.5, 0.6) is 11.5 Å². The monoisotopic (exact) mass is 376 g/mol. The molecule has 0 saturated carbocycles. The summed E-state index contributed by atoms with van der Waals surface area (Å²) >= 11 is 0. The van der Waals surface area contributed by atoms with Crippen LogP contribution < -0.4 is 15.0 Å². The van der Waals surface area contributed by atoms with Crippen LogP contribution in [0, 0.1) is 0 Å². The Morgan fingerprint density at radius 2 is 2.07 bits per heavy atom. The summed E-state index contributed by atoms with van der Waals surface area (Å²) in [7, 11) is 0. The number of nitrogens with one attached hydrogen (secondary N) is 1. The summed E-state index contributed by atoms with van der Waals surface area (Å²) in [4.78, 5) is 34.9. The topological polar surface area (TPSA) is 120 Å². The smallest absolute Gasteiger partial charge is 0.327 e. The van der Waals surface area contributed by atoms with Gasteiger partial charge in [-0.25, -0.2) is 4.68 Å². The summed E-state index contributed by atoms with van der Waals surface area (Å²) in [5.74, 6) is -0.680. The third-order valence-corrected chi connectivity index (χ3v) is 4.19. The van der Waals surface area contributed by atoms with E-state index in [-0.39, 0.29) is 44.3 Å². The predicted molar refractivity (Wildman–Crippen MR) is 92.9 cm³/mol. The van der Waals surface area contributed by atoms with E-state index in [1.807, 2.05) is 0 Å². The maximum atomic E-state index is 12.0. The van der Waals surface area contributed by atoms with Gasteiger partial charge in [-0.1, -0.05) is 6.07 Å². The van der Waals surface area contributed by atoms with Gasteiger partial charge in [0.25, 0.3) is 5.56 Å². The van der Waals surface area contributed by atoms with Crippen LogP contribution in [0.4, 0.5) is 0 Å². The lowest BCUT2D eigenvalue weighted by atomic mass is 9.91. The molecule has 2 aromatic rings. The number of hydrogen-bond acceptors (Lipinski definition) is 6. The van der Waals surface area contributed by atoms with Gasteiger partial charge in [0.15, 0.2) is 11.5 Å². The number of esters is 1. The molecule has 0 unspecified atom stereocenters. The molecule has 0 fully saturated rings. The molecule has 1 atom stereocenters. The van der Waals surface area contributed by atoms with E-state index in [0.717, 1.165) is 10.2 Å². The van der Waals surface area contributed by atoms with Crippen LogP contribution in [0.15, 0.2) is 29.1 Å². The minimum absolute atomic E-state index is 0.120. The number of H-pyrrole nitrogens is 1. The summed E-state index contributed by atoms with van der Waals surface area (Å²) in [6.07, 6.45) is 0.168. The van der Waals surface area contributed by atoms with Crippen molar-refractivity contribution in [3.05, 3.63) is 45.9 Å². The lowest BCUT2D eigenvalue weighted by Crippen LogP contribution is -2.23. The zero-order valence-corrected chi connectivity index (χ0v) is 14.8. The van der Waals surface area contributed by atoms with E-state index in [4.69, 9.17) is 14.2 Å². The number of fused-ring (bicyclic) bond motifs is 1. The Hall–Kier alpha value is -3.23. The highest BCUT2D eigenvalue weighted by Gasteiger charge is 2.22. The van der Waals surface area contributed by atoms with E-state index in [2.05, 4.69) is 5.10 Å². The highest BCUT2D eigenvalue weighted by atomic mass is 16.7. The largest absolute Gasteiger partial charge is 0.481 e. The molecule has 1 aromatic carbocycles. The molecule has 3 rings (SSSR count). The van der Waals surface area contributed by atoms with Crippen LogP contribution in [0.25, 0.3) is 0 Å². The zero-order chi connectivity index (χ0) is 19.4. The quantitative estimate of drug-likeness (QED) is 0.666. The van der Waals surface area contributed by atoms with Crippen LogP contribution in [-0.2, 0) is 27.3 Å². The number of aromatic amines is 1. The van der Waals surface area contributed by atoms with Crippen LogP contribution in [0.1, 0.15) is 30.5 Å². The van der Waals surface area contributed by atoms with Gasteiger partial charge in [0.05, 0.1) is 13.0 Å². The Bertz CT molecular complexity index is 899. The first kappa shape index (κ1) is 18.6. The summed E-state index contributed by atoms with van der Waals surface area (Å²) in [6, 6.07) is 6.64. The summed E-state index contributed by atoms with van der Waals surface area (Å²) in [5.41, 5.74) is 0.923. The van der Waals surface area contributed by atoms with E-state index in [9.17, 15) is 19.5 Å². The Morgan fingerprint density at radius 1 is 1.30 bits per heavy atom. The second kappa shape index (κ2) is 7.98. The number of aliphatic carboxylic acids is 1. The van der Waals surface area contributed by atoms with Crippen molar-refractivity contribution in [1.82, 2.24) is 9.78 Å². The number of aromatic nitrogens is 2. The van der Waals surface area contributed by atoms with Crippen LogP contribution in [0.3, 0.4) is 0 Å². The second-order valence-corrected chi connectivity index (χ2v) is 6.12. The first-order chi connectivity index (χ1) is 13.0.